The van der Waals surface area contributed by atoms with E-state index in [4.69, 9.17) is 5.11 Å². The number of nitrogens with one attached hydrogen (secondary N) is 2. The van der Waals surface area contributed by atoms with Crippen molar-refractivity contribution in [3.8, 4) is 0 Å². The van der Waals surface area contributed by atoms with Gasteiger partial charge < -0.3 is 15.7 Å². The van der Waals surface area contributed by atoms with Gasteiger partial charge in [-0.05, 0) is 42.9 Å². The largest absolute Gasteiger partial charge is 0.480 e. The zero-order chi connectivity index (χ0) is 14.0. The van der Waals surface area contributed by atoms with Crippen molar-refractivity contribution >= 4 is 12.0 Å². The standard InChI is InChI=1S/C14H24N2O3/c1-8(2)12(13(17)18)16-14(19)15-7-11-6-9-3-4-10(11)5-9/h8-12H,3-7H2,1-2H3,(H,17,18)(H2,15,16,19). The number of carbonyl (C=O) groups is 2. The molecule has 2 amide bonds. The highest BCUT2D eigenvalue weighted by atomic mass is 16.4. The first-order valence-electron chi connectivity index (χ1n) is 7.24. The van der Waals surface area contributed by atoms with Gasteiger partial charge in [0.25, 0.3) is 0 Å². The van der Waals surface area contributed by atoms with Gasteiger partial charge in [0.1, 0.15) is 6.04 Å². The van der Waals surface area contributed by atoms with Gasteiger partial charge in [0, 0.05) is 6.54 Å². The van der Waals surface area contributed by atoms with E-state index in [9.17, 15) is 9.59 Å². The van der Waals surface area contributed by atoms with Crippen LogP contribution in [0.25, 0.3) is 0 Å². The molecule has 0 spiro atoms. The second-order valence-electron chi connectivity index (χ2n) is 6.35. The van der Waals surface area contributed by atoms with Gasteiger partial charge in [0.2, 0.25) is 0 Å². The first-order valence-corrected chi connectivity index (χ1v) is 7.24. The minimum absolute atomic E-state index is 0.120. The van der Waals surface area contributed by atoms with Crippen molar-refractivity contribution in [1.29, 1.82) is 0 Å². The monoisotopic (exact) mass is 268 g/mol. The first-order chi connectivity index (χ1) is 8.97. The molecule has 5 nitrogen and oxygen atoms in total. The van der Waals surface area contributed by atoms with Crippen molar-refractivity contribution in [2.45, 2.75) is 45.6 Å². The fraction of sp³-hybridized carbons (Fsp3) is 0.857. The maximum absolute atomic E-state index is 11.7. The average Bonchev–Trinajstić information content (AvgIpc) is 2.94. The lowest BCUT2D eigenvalue weighted by Gasteiger charge is -2.23. The van der Waals surface area contributed by atoms with Crippen LogP contribution >= 0.6 is 0 Å². The van der Waals surface area contributed by atoms with Crippen LogP contribution in [-0.4, -0.2) is 29.7 Å². The van der Waals surface area contributed by atoms with Crippen LogP contribution < -0.4 is 10.6 Å². The molecular weight excluding hydrogens is 244 g/mol. The summed E-state index contributed by atoms with van der Waals surface area (Å²) in [6.45, 7) is 4.25. The average molecular weight is 268 g/mol. The Bertz CT molecular complexity index is 357. The Kier molecular flexibility index (Phi) is 4.32. The van der Waals surface area contributed by atoms with E-state index in [1.807, 2.05) is 0 Å². The van der Waals surface area contributed by atoms with Crippen molar-refractivity contribution in [2.75, 3.05) is 6.54 Å². The number of aliphatic carboxylic acids is 1. The molecule has 108 valence electrons. The molecule has 0 aliphatic heterocycles. The first kappa shape index (κ1) is 14.2. The van der Waals surface area contributed by atoms with Gasteiger partial charge in [-0.1, -0.05) is 20.3 Å². The zero-order valence-corrected chi connectivity index (χ0v) is 11.7. The predicted molar refractivity (Wildman–Crippen MR) is 71.7 cm³/mol. The third-order valence-electron chi connectivity index (χ3n) is 4.63. The highest BCUT2D eigenvalue weighted by molar-refractivity contribution is 5.82. The Morgan fingerprint density at radius 2 is 2.00 bits per heavy atom. The van der Waals surface area contributed by atoms with E-state index < -0.39 is 12.0 Å². The second kappa shape index (κ2) is 5.80. The van der Waals surface area contributed by atoms with E-state index in [1.54, 1.807) is 13.8 Å². The summed E-state index contributed by atoms with van der Waals surface area (Å²) in [4.78, 5) is 22.7. The molecule has 5 heteroatoms. The number of carboxylic acid groups (broad SMARTS) is 1. The number of hydrogen-bond donors (Lipinski definition) is 3. The molecule has 2 aliphatic rings. The van der Waals surface area contributed by atoms with Crippen molar-refractivity contribution in [3.63, 3.8) is 0 Å². The van der Waals surface area contributed by atoms with Crippen LogP contribution in [0.3, 0.4) is 0 Å². The van der Waals surface area contributed by atoms with E-state index in [0.29, 0.717) is 12.5 Å². The SMILES string of the molecule is CC(C)C(NC(=O)NCC1CC2CCC1C2)C(=O)O. The zero-order valence-electron chi connectivity index (χ0n) is 11.7. The summed E-state index contributed by atoms with van der Waals surface area (Å²) in [6, 6.07) is -1.18. The van der Waals surface area contributed by atoms with Crippen molar-refractivity contribution in [1.82, 2.24) is 10.6 Å². The summed E-state index contributed by atoms with van der Waals surface area (Å²) in [6.07, 6.45) is 5.18. The molecule has 4 unspecified atom stereocenters. The molecule has 0 radical (unpaired) electrons. The number of carboxylic acids is 1. The van der Waals surface area contributed by atoms with Gasteiger partial charge in [-0.2, -0.15) is 0 Å². The molecule has 19 heavy (non-hydrogen) atoms. The predicted octanol–water partition coefficient (Wildman–Crippen LogP) is 1.83. The van der Waals surface area contributed by atoms with Crippen molar-refractivity contribution in [3.05, 3.63) is 0 Å². The fourth-order valence-electron chi connectivity index (χ4n) is 3.56. The van der Waals surface area contributed by atoms with Crippen LogP contribution in [0.5, 0.6) is 0 Å². The number of rotatable bonds is 5. The van der Waals surface area contributed by atoms with E-state index in [0.717, 1.165) is 11.8 Å². The number of amides is 2. The topological polar surface area (TPSA) is 78.4 Å². The van der Waals surface area contributed by atoms with Crippen LogP contribution in [0.4, 0.5) is 4.79 Å². The summed E-state index contributed by atoms with van der Waals surface area (Å²) in [5.41, 5.74) is 0. The fourth-order valence-corrected chi connectivity index (χ4v) is 3.56. The highest BCUT2D eigenvalue weighted by Crippen LogP contribution is 2.47. The minimum Gasteiger partial charge on any atom is -0.480 e. The minimum atomic E-state index is -0.981. The Balaban J connectivity index is 1.74. The molecule has 0 aromatic carbocycles. The van der Waals surface area contributed by atoms with E-state index >= 15 is 0 Å². The molecule has 0 aromatic heterocycles. The molecule has 0 aromatic rings. The van der Waals surface area contributed by atoms with Gasteiger partial charge in [0.05, 0.1) is 0 Å². The summed E-state index contributed by atoms with van der Waals surface area (Å²) >= 11 is 0. The lowest BCUT2D eigenvalue weighted by molar-refractivity contribution is -0.140. The van der Waals surface area contributed by atoms with Gasteiger partial charge >= 0.3 is 12.0 Å². The number of carbonyl (C=O) groups excluding carboxylic acids is 1. The molecule has 0 heterocycles. The second-order valence-corrected chi connectivity index (χ2v) is 6.35. The molecule has 4 atom stereocenters. The van der Waals surface area contributed by atoms with E-state index in [-0.39, 0.29) is 11.9 Å². The molecule has 2 bridgehead atoms. The summed E-state index contributed by atoms with van der Waals surface area (Å²) in [5, 5.41) is 14.4. The maximum atomic E-state index is 11.7. The summed E-state index contributed by atoms with van der Waals surface area (Å²) < 4.78 is 0. The van der Waals surface area contributed by atoms with Crippen molar-refractivity contribution < 1.29 is 14.7 Å². The van der Waals surface area contributed by atoms with Gasteiger partial charge in [-0.15, -0.1) is 0 Å². The molecule has 2 fully saturated rings. The molecule has 0 saturated heterocycles. The third-order valence-corrected chi connectivity index (χ3v) is 4.63. The summed E-state index contributed by atoms with van der Waals surface area (Å²) in [7, 11) is 0. The smallest absolute Gasteiger partial charge is 0.326 e. The molecular formula is C14H24N2O3. The molecule has 3 N–H and O–H groups in total. The van der Waals surface area contributed by atoms with Gasteiger partial charge in [-0.25, -0.2) is 9.59 Å². The Hall–Kier alpha value is -1.26. The van der Waals surface area contributed by atoms with Crippen LogP contribution in [0, 0.1) is 23.7 Å². The van der Waals surface area contributed by atoms with Gasteiger partial charge in [-0.3, -0.25) is 0 Å². The molecule has 2 saturated carbocycles. The van der Waals surface area contributed by atoms with Crippen LogP contribution in [0.1, 0.15) is 39.5 Å². The van der Waals surface area contributed by atoms with Crippen molar-refractivity contribution in [2.24, 2.45) is 23.7 Å². The number of hydrogen-bond acceptors (Lipinski definition) is 2. The Morgan fingerprint density at radius 3 is 2.47 bits per heavy atom. The van der Waals surface area contributed by atoms with Crippen LogP contribution in [0.2, 0.25) is 0 Å². The Morgan fingerprint density at radius 1 is 1.26 bits per heavy atom. The van der Waals surface area contributed by atoms with E-state index in [2.05, 4.69) is 10.6 Å². The third kappa shape index (κ3) is 3.39. The van der Waals surface area contributed by atoms with Crippen LogP contribution in [-0.2, 0) is 4.79 Å². The number of fused-ring (bicyclic) bond motifs is 2. The lowest BCUT2D eigenvalue weighted by Crippen LogP contribution is -2.49. The Labute approximate surface area is 114 Å². The van der Waals surface area contributed by atoms with Crippen LogP contribution in [0.15, 0.2) is 0 Å². The molecule has 2 rings (SSSR count). The highest BCUT2D eigenvalue weighted by Gasteiger charge is 2.39. The van der Waals surface area contributed by atoms with Gasteiger partial charge in [0.15, 0.2) is 0 Å². The molecule has 2 aliphatic carbocycles. The quantitative estimate of drug-likeness (QED) is 0.712. The summed E-state index contributed by atoms with van der Waals surface area (Å²) in [5.74, 6) is 1.12. The number of urea groups is 1. The lowest BCUT2D eigenvalue weighted by atomic mass is 9.89. The normalized spacial score (nSPS) is 30.4. The maximum Gasteiger partial charge on any atom is 0.326 e. The van der Waals surface area contributed by atoms with E-state index in [1.165, 1.54) is 25.7 Å².